The lowest BCUT2D eigenvalue weighted by atomic mass is 10.0. The first-order valence-electron chi connectivity index (χ1n) is 9.99. The number of nitriles is 1. The molecule has 32 heavy (non-hydrogen) atoms. The Labute approximate surface area is 188 Å². The third-order valence-corrected chi connectivity index (χ3v) is 6.15. The van der Waals surface area contributed by atoms with Crippen LogP contribution in [0.3, 0.4) is 0 Å². The summed E-state index contributed by atoms with van der Waals surface area (Å²) < 4.78 is 6.78. The molecule has 5 heteroatoms. The van der Waals surface area contributed by atoms with Gasteiger partial charge in [-0.2, -0.15) is 5.26 Å². The molecule has 1 aromatic heterocycles. The highest BCUT2D eigenvalue weighted by atomic mass is 32.1. The predicted molar refractivity (Wildman–Crippen MR) is 128 cm³/mol. The van der Waals surface area contributed by atoms with Crippen LogP contribution in [-0.2, 0) is 0 Å². The van der Waals surface area contributed by atoms with E-state index in [1.165, 1.54) is 11.3 Å². The lowest BCUT2D eigenvalue weighted by Gasteiger charge is -2.09. The van der Waals surface area contributed by atoms with Crippen molar-refractivity contribution in [1.82, 2.24) is 4.98 Å². The zero-order valence-corrected chi connectivity index (χ0v) is 17.7. The van der Waals surface area contributed by atoms with Crippen molar-refractivity contribution < 1.29 is 9.53 Å². The molecule has 152 valence electrons. The number of fused-ring (bicyclic) bond motifs is 2. The van der Waals surface area contributed by atoms with Gasteiger partial charge in [-0.25, -0.2) is 9.78 Å². The third kappa shape index (κ3) is 3.76. The second kappa shape index (κ2) is 8.46. The van der Waals surface area contributed by atoms with E-state index in [9.17, 15) is 10.1 Å². The Morgan fingerprint density at radius 1 is 0.906 bits per heavy atom. The van der Waals surface area contributed by atoms with Crippen LogP contribution in [0.25, 0.3) is 32.6 Å². The van der Waals surface area contributed by atoms with E-state index in [0.29, 0.717) is 27.5 Å². The summed E-state index contributed by atoms with van der Waals surface area (Å²) >= 11 is 1.46. The van der Waals surface area contributed by atoms with Gasteiger partial charge in [0.15, 0.2) is 0 Å². The average molecular weight is 433 g/mol. The Balaban J connectivity index is 1.51. The largest absolute Gasteiger partial charge is 0.422 e. The van der Waals surface area contributed by atoms with Gasteiger partial charge in [-0.1, -0.05) is 66.7 Å². The molecule has 0 aliphatic heterocycles. The first-order valence-corrected chi connectivity index (χ1v) is 10.8. The Morgan fingerprint density at radius 2 is 1.66 bits per heavy atom. The molecule has 0 atom stereocenters. The quantitative estimate of drug-likeness (QED) is 0.179. The molecule has 5 rings (SSSR count). The fraction of sp³-hybridized carbons (Fsp3) is 0. The van der Waals surface area contributed by atoms with Crippen LogP contribution in [0.4, 0.5) is 0 Å². The number of hydrogen-bond donors (Lipinski definition) is 0. The van der Waals surface area contributed by atoms with Gasteiger partial charge in [-0.3, -0.25) is 0 Å². The van der Waals surface area contributed by atoms with Gasteiger partial charge in [0.05, 0.1) is 21.4 Å². The number of ether oxygens (including phenoxy) is 1. The fourth-order valence-electron chi connectivity index (χ4n) is 3.54. The number of benzene rings is 4. The summed E-state index contributed by atoms with van der Waals surface area (Å²) in [5, 5.41) is 12.2. The molecule has 0 radical (unpaired) electrons. The monoisotopic (exact) mass is 432 g/mol. The normalized spacial score (nSPS) is 11.4. The van der Waals surface area contributed by atoms with Crippen LogP contribution >= 0.6 is 11.3 Å². The van der Waals surface area contributed by atoms with Gasteiger partial charge in [0.1, 0.15) is 16.8 Å². The summed E-state index contributed by atoms with van der Waals surface area (Å²) in [6, 6.07) is 30.4. The lowest BCUT2D eigenvalue weighted by molar-refractivity contribution is 0.0736. The lowest BCUT2D eigenvalue weighted by Crippen LogP contribution is -2.09. The Kier molecular flexibility index (Phi) is 5.20. The van der Waals surface area contributed by atoms with E-state index < -0.39 is 5.97 Å². The van der Waals surface area contributed by atoms with Crippen molar-refractivity contribution in [1.29, 1.82) is 5.26 Å². The molecule has 1 heterocycles. The van der Waals surface area contributed by atoms with Crippen LogP contribution in [0.5, 0.6) is 5.75 Å². The highest BCUT2D eigenvalue weighted by molar-refractivity contribution is 7.19. The molecule has 4 nitrogen and oxygen atoms in total. The van der Waals surface area contributed by atoms with Crippen molar-refractivity contribution in [2.45, 2.75) is 0 Å². The molecular weight excluding hydrogens is 416 g/mol. The van der Waals surface area contributed by atoms with Crippen molar-refractivity contribution in [3.8, 4) is 11.8 Å². The minimum Gasteiger partial charge on any atom is -0.422 e. The Hall–Kier alpha value is -4.27. The van der Waals surface area contributed by atoms with E-state index in [1.54, 1.807) is 24.3 Å². The van der Waals surface area contributed by atoms with E-state index in [1.807, 2.05) is 72.8 Å². The van der Waals surface area contributed by atoms with E-state index in [2.05, 4.69) is 11.1 Å². The third-order valence-electron chi connectivity index (χ3n) is 5.08. The second-order valence-corrected chi connectivity index (χ2v) is 8.14. The zero-order chi connectivity index (χ0) is 21.9. The standard InChI is InChI=1S/C27H16N2O2S/c28-17-20(26-29-23-13-4-6-15-25(23)32-26)16-19-9-2-5-14-24(19)31-27(30)22-12-7-10-18-8-1-3-11-21(18)22/h1-16H/b20-16-. The van der Waals surface area contributed by atoms with E-state index >= 15 is 0 Å². The molecule has 0 spiro atoms. The molecule has 5 aromatic rings. The van der Waals surface area contributed by atoms with Crippen LogP contribution in [0, 0.1) is 11.3 Å². The fourth-order valence-corrected chi connectivity index (χ4v) is 4.47. The molecule has 0 unspecified atom stereocenters. The number of para-hydroxylation sites is 2. The number of esters is 1. The summed E-state index contributed by atoms with van der Waals surface area (Å²) in [5.74, 6) is -0.0551. The number of carbonyl (C=O) groups is 1. The molecule has 0 aliphatic rings. The first kappa shape index (κ1) is 19.7. The molecule has 0 amide bonds. The maximum Gasteiger partial charge on any atom is 0.344 e. The maximum atomic E-state index is 13.0. The van der Waals surface area contributed by atoms with Gasteiger partial charge in [0.25, 0.3) is 0 Å². The van der Waals surface area contributed by atoms with Crippen molar-refractivity contribution in [2.75, 3.05) is 0 Å². The highest BCUT2D eigenvalue weighted by Crippen LogP contribution is 2.30. The van der Waals surface area contributed by atoms with E-state index in [0.717, 1.165) is 21.0 Å². The molecule has 0 fully saturated rings. The molecule has 0 bridgehead atoms. The zero-order valence-electron chi connectivity index (χ0n) is 16.9. The minimum absolute atomic E-state index is 0.388. The average Bonchev–Trinajstić information content (AvgIpc) is 3.27. The smallest absolute Gasteiger partial charge is 0.344 e. The number of nitrogens with zero attached hydrogens (tertiary/aromatic N) is 2. The van der Waals surface area contributed by atoms with Gasteiger partial charge in [-0.15, -0.1) is 11.3 Å². The molecular formula is C27H16N2O2S. The summed E-state index contributed by atoms with van der Waals surface area (Å²) in [6.07, 6.45) is 1.71. The van der Waals surface area contributed by atoms with Gasteiger partial charge in [-0.05, 0) is 41.1 Å². The van der Waals surface area contributed by atoms with Gasteiger partial charge < -0.3 is 4.74 Å². The molecule has 0 saturated heterocycles. The molecule has 0 saturated carbocycles. The number of carbonyl (C=O) groups excluding carboxylic acids is 1. The highest BCUT2D eigenvalue weighted by Gasteiger charge is 2.15. The molecule has 0 N–H and O–H groups in total. The number of rotatable bonds is 4. The van der Waals surface area contributed by atoms with Crippen LogP contribution in [-0.4, -0.2) is 11.0 Å². The summed E-state index contributed by atoms with van der Waals surface area (Å²) in [5.41, 5.74) is 2.40. The topological polar surface area (TPSA) is 63.0 Å². The summed E-state index contributed by atoms with van der Waals surface area (Å²) in [6.45, 7) is 0. The van der Waals surface area contributed by atoms with Crippen LogP contribution in [0.1, 0.15) is 20.9 Å². The van der Waals surface area contributed by atoms with E-state index in [4.69, 9.17) is 4.74 Å². The number of hydrogen-bond acceptors (Lipinski definition) is 5. The van der Waals surface area contributed by atoms with E-state index in [-0.39, 0.29) is 0 Å². The number of allylic oxidation sites excluding steroid dienone is 1. The first-order chi connectivity index (χ1) is 15.7. The number of thiazole rings is 1. The minimum atomic E-state index is -0.443. The van der Waals surface area contributed by atoms with Crippen molar-refractivity contribution in [3.63, 3.8) is 0 Å². The summed E-state index contributed by atoms with van der Waals surface area (Å²) in [4.78, 5) is 17.6. The van der Waals surface area contributed by atoms with Gasteiger partial charge in [0, 0.05) is 5.56 Å². The summed E-state index contributed by atoms with van der Waals surface area (Å²) in [7, 11) is 0. The van der Waals surface area contributed by atoms with Crippen LogP contribution in [0.2, 0.25) is 0 Å². The van der Waals surface area contributed by atoms with Gasteiger partial charge >= 0.3 is 5.97 Å². The van der Waals surface area contributed by atoms with Crippen LogP contribution in [0.15, 0.2) is 91.0 Å². The Bertz CT molecular complexity index is 1500. The van der Waals surface area contributed by atoms with Crippen molar-refractivity contribution in [2.24, 2.45) is 0 Å². The van der Waals surface area contributed by atoms with Gasteiger partial charge in [0.2, 0.25) is 0 Å². The predicted octanol–water partition coefficient (Wildman–Crippen LogP) is 6.73. The molecule has 0 aliphatic carbocycles. The Morgan fingerprint density at radius 3 is 2.53 bits per heavy atom. The SMILES string of the molecule is N#C/C(=C/c1ccccc1OC(=O)c1cccc2ccccc12)c1nc2ccccc2s1. The van der Waals surface area contributed by atoms with Crippen LogP contribution < -0.4 is 4.74 Å². The van der Waals surface area contributed by atoms with Crippen molar-refractivity contribution >= 4 is 49.9 Å². The second-order valence-electron chi connectivity index (χ2n) is 7.11. The maximum absolute atomic E-state index is 13.0. The van der Waals surface area contributed by atoms with Crippen molar-refractivity contribution in [3.05, 3.63) is 107 Å². The molecule has 4 aromatic carbocycles. The number of aromatic nitrogens is 1.